The lowest BCUT2D eigenvalue weighted by Crippen LogP contribution is -2.11. The molecule has 0 aliphatic carbocycles. The van der Waals surface area contributed by atoms with Crippen molar-refractivity contribution in [2.24, 2.45) is 11.5 Å². The van der Waals surface area contributed by atoms with Gasteiger partial charge >= 0.3 is 0 Å². The van der Waals surface area contributed by atoms with Crippen LogP contribution in [0.25, 0.3) is 0 Å². The van der Waals surface area contributed by atoms with Crippen LogP contribution in [0, 0.1) is 0 Å². The maximum Gasteiger partial charge on any atom is 0.212 e. The van der Waals surface area contributed by atoms with Crippen molar-refractivity contribution in [2.75, 3.05) is 0 Å². The zero-order chi connectivity index (χ0) is 11.3. The number of hydrogen-bond donors (Lipinski definition) is 3. The summed E-state index contributed by atoms with van der Waals surface area (Å²) in [6.07, 6.45) is 6.64. The molecule has 0 fully saturated rings. The molecule has 5 N–H and O–H groups in total. The molecule has 0 unspecified atom stereocenters. The number of aromatic hydroxyl groups is 1. The van der Waals surface area contributed by atoms with E-state index < -0.39 is 5.78 Å². The molecule has 0 saturated carbocycles. The van der Waals surface area contributed by atoms with Gasteiger partial charge in [-0.1, -0.05) is 0 Å². The van der Waals surface area contributed by atoms with Crippen molar-refractivity contribution >= 4 is 5.78 Å². The lowest BCUT2D eigenvalue weighted by molar-refractivity contribution is 0.103. The van der Waals surface area contributed by atoms with Gasteiger partial charge in [-0.3, -0.25) is 9.78 Å². The summed E-state index contributed by atoms with van der Waals surface area (Å²) >= 11 is 0. The Balaban J connectivity index is 3.00. The van der Waals surface area contributed by atoms with Crippen LogP contribution in [0.1, 0.15) is 10.4 Å². The highest BCUT2D eigenvalue weighted by atomic mass is 16.3. The molecule has 5 nitrogen and oxygen atoms in total. The van der Waals surface area contributed by atoms with Crippen LogP contribution in [-0.2, 0) is 0 Å². The van der Waals surface area contributed by atoms with E-state index in [4.69, 9.17) is 11.5 Å². The average molecular weight is 205 g/mol. The van der Waals surface area contributed by atoms with E-state index in [1.807, 2.05) is 0 Å². The molecule has 0 aliphatic heterocycles. The smallest absolute Gasteiger partial charge is 0.212 e. The van der Waals surface area contributed by atoms with Gasteiger partial charge in [-0.05, 0) is 24.4 Å². The first kappa shape index (κ1) is 10.8. The van der Waals surface area contributed by atoms with E-state index in [1.165, 1.54) is 36.8 Å². The molecule has 1 aromatic rings. The highest BCUT2D eigenvalue weighted by Gasteiger charge is 2.12. The number of pyridine rings is 1. The number of carbonyl (C=O) groups is 1. The Labute approximate surface area is 86.7 Å². The van der Waals surface area contributed by atoms with Crippen molar-refractivity contribution in [2.45, 2.75) is 0 Å². The number of nitrogens with two attached hydrogens (primary N) is 2. The van der Waals surface area contributed by atoms with Crippen molar-refractivity contribution in [3.8, 4) is 5.75 Å². The van der Waals surface area contributed by atoms with Gasteiger partial charge in [0.1, 0.15) is 5.75 Å². The van der Waals surface area contributed by atoms with Gasteiger partial charge in [-0.15, -0.1) is 0 Å². The first-order chi connectivity index (χ1) is 7.16. The maximum atomic E-state index is 11.6. The number of ketones is 1. The van der Waals surface area contributed by atoms with Crippen LogP contribution >= 0.6 is 0 Å². The summed E-state index contributed by atoms with van der Waals surface area (Å²) in [4.78, 5) is 15.3. The summed E-state index contributed by atoms with van der Waals surface area (Å²) in [6.45, 7) is 0. The third kappa shape index (κ3) is 2.57. The minimum absolute atomic E-state index is 0.00167. The maximum absolute atomic E-state index is 11.6. The van der Waals surface area contributed by atoms with Gasteiger partial charge in [0.2, 0.25) is 5.78 Å². The molecule has 0 atom stereocenters. The fourth-order valence-corrected chi connectivity index (χ4v) is 0.969. The summed E-state index contributed by atoms with van der Waals surface area (Å²) in [7, 11) is 0. The topological polar surface area (TPSA) is 102 Å². The predicted molar refractivity (Wildman–Crippen MR) is 55.8 cm³/mol. The van der Waals surface area contributed by atoms with Crippen LogP contribution in [0.4, 0.5) is 0 Å². The standard InChI is InChI=1S/C10H11N3O2/c11-4-1-2-8(12)10(15)7-3-5-13-6-9(7)14/h1-6,14H,11-12H2/b4-1-,8-2-. The normalized spacial score (nSPS) is 11.9. The predicted octanol–water partition coefficient (Wildman–Crippen LogP) is 0.285. The molecule has 5 heteroatoms. The zero-order valence-corrected chi connectivity index (χ0v) is 7.92. The van der Waals surface area contributed by atoms with Crippen molar-refractivity contribution < 1.29 is 9.90 Å². The van der Waals surface area contributed by atoms with Crippen molar-refractivity contribution in [1.29, 1.82) is 0 Å². The fourth-order valence-electron chi connectivity index (χ4n) is 0.969. The molecule has 0 saturated heterocycles. The Morgan fingerprint density at radius 1 is 1.53 bits per heavy atom. The van der Waals surface area contributed by atoms with Crippen LogP contribution < -0.4 is 11.5 Å². The van der Waals surface area contributed by atoms with E-state index in [-0.39, 0.29) is 17.0 Å². The number of aromatic nitrogens is 1. The number of hydrogen-bond acceptors (Lipinski definition) is 5. The van der Waals surface area contributed by atoms with Crippen molar-refractivity contribution in [3.05, 3.63) is 48.1 Å². The lowest BCUT2D eigenvalue weighted by atomic mass is 10.1. The monoisotopic (exact) mass is 205 g/mol. The zero-order valence-electron chi connectivity index (χ0n) is 7.92. The quantitative estimate of drug-likeness (QED) is 0.374. The molecule has 0 bridgehead atoms. The minimum atomic E-state index is -0.465. The molecular weight excluding hydrogens is 194 g/mol. The molecule has 15 heavy (non-hydrogen) atoms. The summed E-state index contributed by atoms with van der Waals surface area (Å²) in [5, 5.41) is 9.35. The number of carbonyl (C=O) groups excluding carboxylic acids is 1. The SMILES string of the molecule is N/C=C\C=C(/N)C(=O)c1ccncc1O. The average Bonchev–Trinajstić information content (AvgIpc) is 2.25. The molecule has 78 valence electrons. The molecule has 1 heterocycles. The fraction of sp³-hybridized carbons (Fsp3) is 0. The van der Waals surface area contributed by atoms with Crippen LogP contribution in [0.2, 0.25) is 0 Å². The first-order valence-corrected chi connectivity index (χ1v) is 4.18. The van der Waals surface area contributed by atoms with Gasteiger partial charge in [-0.25, -0.2) is 0 Å². The number of allylic oxidation sites excluding steroid dienone is 3. The highest BCUT2D eigenvalue weighted by Crippen LogP contribution is 2.16. The third-order valence-corrected chi connectivity index (χ3v) is 1.69. The largest absolute Gasteiger partial charge is 0.506 e. The van der Waals surface area contributed by atoms with E-state index in [0.29, 0.717) is 0 Å². The Hall–Kier alpha value is -2.30. The Kier molecular flexibility index (Phi) is 3.45. The second-order valence-corrected chi connectivity index (χ2v) is 2.73. The first-order valence-electron chi connectivity index (χ1n) is 4.18. The second-order valence-electron chi connectivity index (χ2n) is 2.73. The second kappa shape index (κ2) is 4.80. The van der Waals surface area contributed by atoms with E-state index in [2.05, 4.69) is 4.98 Å². The van der Waals surface area contributed by atoms with E-state index in [9.17, 15) is 9.90 Å². The van der Waals surface area contributed by atoms with Gasteiger partial charge in [0, 0.05) is 6.20 Å². The van der Waals surface area contributed by atoms with Crippen LogP contribution in [0.15, 0.2) is 42.5 Å². The van der Waals surface area contributed by atoms with Crippen LogP contribution in [0.5, 0.6) is 5.75 Å². The van der Waals surface area contributed by atoms with E-state index >= 15 is 0 Å². The van der Waals surface area contributed by atoms with Gasteiger partial charge < -0.3 is 16.6 Å². The van der Waals surface area contributed by atoms with Gasteiger partial charge in [0.25, 0.3) is 0 Å². The van der Waals surface area contributed by atoms with Gasteiger partial charge in [-0.2, -0.15) is 0 Å². The molecule has 0 amide bonds. The van der Waals surface area contributed by atoms with Gasteiger partial charge in [0.15, 0.2) is 0 Å². The lowest BCUT2D eigenvalue weighted by Gasteiger charge is -2.01. The van der Waals surface area contributed by atoms with Crippen molar-refractivity contribution in [3.63, 3.8) is 0 Å². The van der Waals surface area contributed by atoms with Crippen LogP contribution in [0.3, 0.4) is 0 Å². The molecule has 0 radical (unpaired) electrons. The molecule has 1 rings (SSSR count). The number of Topliss-reactive ketones (excluding diaryl/α,β-unsaturated/α-hetero) is 1. The Bertz CT molecular complexity index is 424. The highest BCUT2D eigenvalue weighted by molar-refractivity contribution is 6.09. The molecule has 1 aromatic heterocycles. The van der Waals surface area contributed by atoms with E-state index in [0.717, 1.165) is 0 Å². The molecule has 0 aromatic carbocycles. The summed E-state index contributed by atoms with van der Waals surface area (Å²) in [5.41, 5.74) is 10.7. The number of nitrogens with zero attached hydrogens (tertiary/aromatic N) is 1. The molecule has 0 spiro atoms. The van der Waals surface area contributed by atoms with E-state index in [1.54, 1.807) is 0 Å². The molecular formula is C10H11N3O2. The summed E-state index contributed by atoms with van der Waals surface area (Å²) < 4.78 is 0. The Morgan fingerprint density at radius 3 is 2.87 bits per heavy atom. The van der Waals surface area contributed by atoms with Crippen molar-refractivity contribution in [1.82, 2.24) is 4.98 Å². The minimum Gasteiger partial charge on any atom is -0.506 e. The summed E-state index contributed by atoms with van der Waals surface area (Å²) in [6, 6.07) is 1.39. The summed E-state index contributed by atoms with van der Waals surface area (Å²) in [5.74, 6) is -0.663. The molecule has 0 aliphatic rings. The number of rotatable bonds is 3. The van der Waals surface area contributed by atoms with Gasteiger partial charge in [0.05, 0.1) is 17.5 Å². The Morgan fingerprint density at radius 2 is 2.27 bits per heavy atom. The third-order valence-electron chi connectivity index (χ3n) is 1.69. The van der Waals surface area contributed by atoms with Crippen LogP contribution in [-0.4, -0.2) is 15.9 Å².